The van der Waals surface area contributed by atoms with Gasteiger partial charge in [-0.15, -0.1) is 0 Å². The van der Waals surface area contributed by atoms with E-state index in [1.807, 2.05) is 30.3 Å². The molecule has 1 amide bonds. The van der Waals surface area contributed by atoms with E-state index in [0.717, 1.165) is 19.5 Å². The van der Waals surface area contributed by atoms with E-state index >= 15 is 0 Å². The topological polar surface area (TPSA) is 70.7 Å². The van der Waals surface area contributed by atoms with Crippen LogP contribution in [0.15, 0.2) is 35.3 Å². The first kappa shape index (κ1) is 15.4. The first-order chi connectivity index (χ1) is 10.3. The summed E-state index contributed by atoms with van der Waals surface area (Å²) in [6, 6.07) is 9.23. The Hall–Kier alpha value is -2.04. The van der Waals surface area contributed by atoms with Crippen LogP contribution < -0.4 is 11.1 Å². The van der Waals surface area contributed by atoms with Crippen LogP contribution in [0.1, 0.15) is 36.0 Å². The molecule has 2 rings (SSSR count). The smallest absolute Gasteiger partial charge is 0.251 e. The summed E-state index contributed by atoms with van der Waals surface area (Å²) in [5, 5.41) is 2.89. The van der Waals surface area contributed by atoms with Crippen LogP contribution in [0, 0.1) is 0 Å². The number of hydrogen-bond acceptors (Lipinski definition) is 2. The number of hydrogen-bond donors (Lipinski definition) is 2. The number of piperidine rings is 1. The van der Waals surface area contributed by atoms with Crippen molar-refractivity contribution in [3.05, 3.63) is 35.9 Å². The second kappa shape index (κ2) is 8.29. The van der Waals surface area contributed by atoms with Crippen molar-refractivity contribution in [1.82, 2.24) is 10.2 Å². The van der Waals surface area contributed by atoms with Crippen LogP contribution in [0.4, 0.5) is 0 Å². The van der Waals surface area contributed by atoms with Gasteiger partial charge in [0.2, 0.25) is 0 Å². The summed E-state index contributed by atoms with van der Waals surface area (Å²) >= 11 is 0. The average molecular weight is 288 g/mol. The lowest BCUT2D eigenvalue weighted by Gasteiger charge is -2.27. The quantitative estimate of drug-likeness (QED) is 0.491. The van der Waals surface area contributed by atoms with Crippen molar-refractivity contribution < 1.29 is 4.79 Å². The molecular formula is C16H24N4O. The van der Waals surface area contributed by atoms with E-state index in [4.69, 9.17) is 5.73 Å². The van der Waals surface area contributed by atoms with Crippen LogP contribution in [0.2, 0.25) is 0 Å². The number of benzene rings is 1. The van der Waals surface area contributed by atoms with Crippen molar-refractivity contribution in [1.29, 1.82) is 0 Å². The maximum atomic E-state index is 11.8. The number of aliphatic imine (C=N–C) groups is 1. The fourth-order valence-corrected chi connectivity index (χ4v) is 2.39. The van der Waals surface area contributed by atoms with Crippen LogP contribution in [0.5, 0.6) is 0 Å². The molecule has 0 aliphatic carbocycles. The molecule has 0 saturated carbocycles. The number of guanidine groups is 1. The number of nitrogens with one attached hydrogen (secondary N) is 1. The maximum Gasteiger partial charge on any atom is 0.251 e. The zero-order valence-electron chi connectivity index (χ0n) is 12.4. The molecule has 1 aromatic rings. The lowest BCUT2D eigenvalue weighted by Crippen LogP contribution is -2.41. The number of likely N-dealkylation sites (tertiary alicyclic amines) is 1. The van der Waals surface area contributed by atoms with Gasteiger partial charge in [-0.2, -0.15) is 0 Å². The second-order valence-corrected chi connectivity index (χ2v) is 5.26. The number of nitrogens with zero attached hydrogens (tertiary/aromatic N) is 2. The third-order valence-electron chi connectivity index (χ3n) is 3.61. The van der Waals surface area contributed by atoms with E-state index < -0.39 is 0 Å². The molecule has 1 heterocycles. The van der Waals surface area contributed by atoms with Gasteiger partial charge in [-0.05, 0) is 37.8 Å². The molecule has 0 aromatic heterocycles. The summed E-state index contributed by atoms with van der Waals surface area (Å²) in [6.07, 6.45) is 4.48. The summed E-state index contributed by atoms with van der Waals surface area (Å²) in [4.78, 5) is 18.3. The molecule has 0 unspecified atom stereocenters. The van der Waals surface area contributed by atoms with Gasteiger partial charge in [0.25, 0.3) is 5.91 Å². The molecule has 3 N–H and O–H groups in total. The average Bonchev–Trinajstić information content (AvgIpc) is 2.55. The molecule has 1 aromatic carbocycles. The Labute approximate surface area is 126 Å². The number of nitrogens with two attached hydrogens (primary N) is 1. The predicted molar refractivity (Wildman–Crippen MR) is 85.3 cm³/mol. The van der Waals surface area contributed by atoms with Gasteiger partial charge in [-0.25, -0.2) is 0 Å². The van der Waals surface area contributed by atoms with Gasteiger partial charge >= 0.3 is 0 Å². The Morgan fingerprint density at radius 3 is 2.62 bits per heavy atom. The van der Waals surface area contributed by atoms with Crippen molar-refractivity contribution in [2.75, 3.05) is 26.2 Å². The Balaban J connectivity index is 1.64. The van der Waals surface area contributed by atoms with Crippen molar-refractivity contribution in [2.45, 2.75) is 25.7 Å². The summed E-state index contributed by atoms with van der Waals surface area (Å²) < 4.78 is 0. The normalized spacial score (nSPS) is 15.8. The van der Waals surface area contributed by atoms with Crippen molar-refractivity contribution in [3.8, 4) is 0 Å². The Kier molecular flexibility index (Phi) is 6.06. The summed E-state index contributed by atoms with van der Waals surface area (Å²) in [5.41, 5.74) is 6.66. The minimum atomic E-state index is -0.0383. The second-order valence-electron chi connectivity index (χ2n) is 5.26. The third-order valence-corrected chi connectivity index (χ3v) is 3.61. The van der Waals surface area contributed by atoms with Crippen molar-refractivity contribution in [3.63, 3.8) is 0 Å². The van der Waals surface area contributed by atoms with Crippen LogP contribution in [0.25, 0.3) is 0 Å². The molecule has 0 atom stereocenters. The van der Waals surface area contributed by atoms with Gasteiger partial charge in [0, 0.05) is 31.7 Å². The van der Waals surface area contributed by atoms with Crippen molar-refractivity contribution in [2.24, 2.45) is 10.7 Å². The van der Waals surface area contributed by atoms with Crippen LogP contribution in [0.3, 0.4) is 0 Å². The first-order valence-corrected chi connectivity index (χ1v) is 7.65. The summed E-state index contributed by atoms with van der Waals surface area (Å²) in [7, 11) is 0. The van der Waals surface area contributed by atoms with E-state index in [-0.39, 0.29) is 5.91 Å². The Bertz CT molecular complexity index is 466. The highest BCUT2D eigenvalue weighted by atomic mass is 16.1. The molecule has 1 aliphatic rings. The van der Waals surface area contributed by atoms with Crippen LogP contribution in [-0.2, 0) is 0 Å². The van der Waals surface area contributed by atoms with Crippen molar-refractivity contribution >= 4 is 11.9 Å². The van der Waals surface area contributed by atoms with Gasteiger partial charge < -0.3 is 16.0 Å². The van der Waals surface area contributed by atoms with E-state index in [9.17, 15) is 4.79 Å². The number of rotatable bonds is 5. The van der Waals surface area contributed by atoms with E-state index in [1.54, 1.807) is 0 Å². The van der Waals surface area contributed by atoms with Gasteiger partial charge in [0.15, 0.2) is 5.96 Å². The molecule has 1 fully saturated rings. The minimum absolute atomic E-state index is 0.0383. The number of amides is 1. The van der Waals surface area contributed by atoms with E-state index in [0.29, 0.717) is 24.6 Å². The zero-order chi connectivity index (χ0) is 14.9. The van der Waals surface area contributed by atoms with Gasteiger partial charge in [0.05, 0.1) is 0 Å². The van der Waals surface area contributed by atoms with Gasteiger partial charge in [-0.3, -0.25) is 9.79 Å². The third kappa shape index (κ3) is 5.10. The molecule has 1 saturated heterocycles. The maximum absolute atomic E-state index is 11.8. The first-order valence-electron chi connectivity index (χ1n) is 7.65. The highest BCUT2D eigenvalue weighted by Crippen LogP contribution is 2.07. The van der Waals surface area contributed by atoms with Crippen LogP contribution >= 0.6 is 0 Å². The number of carbonyl (C=O) groups is 1. The minimum Gasteiger partial charge on any atom is -0.370 e. The Morgan fingerprint density at radius 1 is 1.19 bits per heavy atom. The summed E-state index contributed by atoms with van der Waals surface area (Å²) in [6.45, 7) is 3.29. The zero-order valence-corrected chi connectivity index (χ0v) is 12.4. The molecule has 21 heavy (non-hydrogen) atoms. The molecule has 0 bridgehead atoms. The highest BCUT2D eigenvalue weighted by molar-refractivity contribution is 5.94. The fraction of sp³-hybridized carbons (Fsp3) is 0.500. The summed E-state index contributed by atoms with van der Waals surface area (Å²) in [5.74, 6) is 0.604. The molecule has 5 heteroatoms. The standard InChI is InChI=1S/C16H24N4O/c17-16(20-12-5-2-6-13-20)19-11-7-10-18-15(21)14-8-3-1-4-9-14/h1,3-4,8-9H,2,5-7,10-13H2,(H2,17,19)(H,18,21). The largest absolute Gasteiger partial charge is 0.370 e. The van der Waals surface area contributed by atoms with Gasteiger partial charge in [-0.1, -0.05) is 18.2 Å². The molecule has 114 valence electrons. The van der Waals surface area contributed by atoms with Crippen LogP contribution in [-0.4, -0.2) is 42.9 Å². The molecule has 0 spiro atoms. The fourth-order valence-electron chi connectivity index (χ4n) is 2.39. The van der Waals surface area contributed by atoms with E-state index in [2.05, 4.69) is 15.2 Å². The molecule has 5 nitrogen and oxygen atoms in total. The lowest BCUT2D eigenvalue weighted by atomic mass is 10.1. The Morgan fingerprint density at radius 2 is 1.90 bits per heavy atom. The molecule has 1 aliphatic heterocycles. The lowest BCUT2D eigenvalue weighted by molar-refractivity contribution is 0.0953. The van der Waals surface area contributed by atoms with Gasteiger partial charge in [0.1, 0.15) is 0 Å². The molecule has 0 radical (unpaired) electrons. The number of carbonyl (C=O) groups excluding carboxylic acids is 1. The predicted octanol–water partition coefficient (Wildman–Crippen LogP) is 1.61. The highest BCUT2D eigenvalue weighted by Gasteiger charge is 2.11. The SMILES string of the molecule is NC(=NCCCNC(=O)c1ccccc1)N1CCCCC1. The van der Waals surface area contributed by atoms with E-state index in [1.165, 1.54) is 19.3 Å². The monoisotopic (exact) mass is 288 g/mol. The molecular weight excluding hydrogens is 264 g/mol.